The molecule has 21 heavy (non-hydrogen) atoms. The first kappa shape index (κ1) is 15.7. The van der Waals surface area contributed by atoms with E-state index in [9.17, 15) is 4.39 Å². The number of methoxy groups -OCH3 is 1. The molecule has 2 N–H and O–H groups in total. The maximum absolute atomic E-state index is 13.8. The van der Waals surface area contributed by atoms with Crippen LogP contribution in [0.2, 0.25) is 0 Å². The molecular formula is C15H13BrFNO2S. The van der Waals surface area contributed by atoms with Crippen LogP contribution in [0, 0.1) is 5.82 Å². The summed E-state index contributed by atoms with van der Waals surface area (Å²) in [5.74, 6) is 0.937. The fraction of sp³-hybridized carbons (Fsp3) is 0.133. The van der Waals surface area contributed by atoms with E-state index in [2.05, 4.69) is 15.9 Å². The highest BCUT2D eigenvalue weighted by Gasteiger charge is 2.08. The lowest BCUT2D eigenvalue weighted by atomic mass is 10.1. The quantitative estimate of drug-likeness (QED) is 0.813. The van der Waals surface area contributed by atoms with E-state index in [1.165, 1.54) is 6.07 Å². The summed E-state index contributed by atoms with van der Waals surface area (Å²) in [5, 5.41) is 0. The van der Waals surface area contributed by atoms with Crippen LogP contribution in [0.5, 0.6) is 11.5 Å². The van der Waals surface area contributed by atoms with Gasteiger partial charge in [-0.25, -0.2) is 4.39 Å². The van der Waals surface area contributed by atoms with Crippen molar-refractivity contribution >= 4 is 33.1 Å². The van der Waals surface area contributed by atoms with Crippen LogP contribution in [-0.4, -0.2) is 12.1 Å². The van der Waals surface area contributed by atoms with Gasteiger partial charge in [0.15, 0.2) is 0 Å². The molecular weight excluding hydrogens is 357 g/mol. The van der Waals surface area contributed by atoms with E-state index >= 15 is 0 Å². The molecule has 0 radical (unpaired) electrons. The first-order valence-corrected chi connectivity index (χ1v) is 7.26. The molecule has 3 nitrogen and oxygen atoms in total. The molecule has 0 atom stereocenters. The molecule has 0 bridgehead atoms. The van der Waals surface area contributed by atoms with Gasteiger partial charge in [-0.15, -0.1) is 0 Å². The minimum Gasteiger partial charge on any atom is -0.497 e. The SMILES string of the molecule is COc1ccc(OCc2cc(C(N)=S)ccc2F)c(Br)c1. The molecule has 0 aromatic heterocycles. The van der Waals surface area contributed by atoms with Gasteiger partial charge in [0.1, 0.15) is 28.9 Å². The largest absolute Gasteiger partial charge is 0.497 e. The lowest BCUT2D eigenvalue weighted by molar-refractivity contribution is 0.297. The zero-order valence-electron chi connectivity index (χ0n) is 11.2. The summed E-state index contributed by atoms with van der Waals surface area (Å²) in [5.41, 5.74) is 6.54. The Kier molecular flexibility index (Phi) is 5.14. The van der Waals surface area contributed by atoms with Crippen molar-refractivity contribution in [3.05, 3.63) is 57.8 Å². The van der Waals surface area contributed by atoms with E-state index in [4.69, 9.17) is 27.4 Å². The topological polar surface area (TPSA) is 44.5 Å². The molecule has 0 aliphatic rings. The van der Waals surface area contributed by atoms with Crippen LogP contribution in [0.1, 0.15) is 11.1 Å². The Morgan fingerprint density at radius 3 is 2.67 bits per heavy atom. The third kappa shape index (κ3) is 3.92. The summed E-state index contributed by atoms with van der Waals surface area (Å²) >= 11 is 8.26. The average Bonchev–Trinajstić information content (AvgIpc) is 2.47. The fourth-order valence-corrected chi connectivity index (χ4v) is 2.32. The molecule has 0 unspecified atom stereocenters. The Labute approximate surface area is 136 Å². The van der Waals surface area contributed by atoms with E-state index in [0.29, 0.717) is 22.6 Å². The molecule has 0 heterocycles. The minimum absolute atomic E-state index is 0.0766. The Hall–Kier alpha value is -1.66. The Balaban J connectivity index is 2.16. The van der Waals surface area contributed by atoms with Crippen LogP contribution < -0.4 is 15.2 Å². The van der Waals surface area contributed by atoms with Crippen LogP contribution in [0.25, 0.3) is 0 Å². The molecule has 0 saturated carbocycles. The molecule has 0 amide bonds. The minimum atomic E-state index is -0.361. The van der Waals surface area contributed by atoms with E-state index in [0.717, 1.165) is 4.47 Å². The van der Waals surface area contributed by atoms with Gasteiger partial charge in [-0.1, -0.05) is 12.2 Å². The van der Waals surface area contributed by atoms with Crippen molar-refractivity contribution < 1.29 is 13.9 Å². The third-order valence-electron chi connectivity index (χ3n) is 2.85. The van der Waals surface area contributed by atoms with Gasteiger partial charge in [-0.2, -0.15) is 0 Å². The number of nitrogens with two attached hydrogens (primary N) is 1. The molecule has 0 aliphatic carbocycles. The maximum atomic E-state index is 13.8. The zero-order valence-corrected chi connectivity index (χ0v) is 13.6. The Morgan fingerprint density at radius 2 is 2.05 bits per heavy atom. The summed E-state index contributed by atoms with van der Waals surface area (Å²) in [6.07, 6.45) is 0. The van der Waals surface area contributed by atoms with Crippen LogP contribution in [0.3, 0.4) is 0 Å². The van der Waals surface area contributed by atoms with Gasteiger partial charge in [-0.05, 0) is 52.3 Å². The van der Waals surface area contributed by atoms with E-state index in [1.54, 1.807) is 37.4 Å². The molecule has 110 valence electrons. The Bertz CT molecular complexity index is 679. The zero-order chi connectivity index (χ0) is 15.4. The lowest BCUT2D eigenvalue weighted by Gasteiger charge is -2.11. The monoisotopic (exact) mass is 369 g/mol. The van der Waals surface area contributed by atoms with Crippen molar-refractivity contribution in [3.63, 3.8) is 0 Å². The van der Waals surface area contributed by atoms with Crippen LogP contribution in [0.15, 0.2) is 40.9 Å². The second-order valence-corrected chi connectivity index (χ2v) is 5.55. The smallest absolute Gasteiger partial charge is 0.134 e. The highest BCUT2D eigenvalue weighted by atomic mass is 79.9. The van der Waals surface area contributed by atoms with E-state index in [-0.39, 0.29) is 17.4 Å². The molecule has 0 fully saturated rings. The van der Waals surface area contributed by atoms with E-state index in [1.807, 2.05) is 0 Å². The van der Waals surface area contributed by atoms with Crippen LogP contribution >= 0.6 is 28.1 Å². The van der Waals surface area contributed by atoms with Gasteiger partial charge >= 0.3 is 0 Å². The molecule has 2 aromatic rings. The normalized spacial score (nSPS) is 10.2. The molecule has 0 spiro atoms. The van der Waals surface area contributed by atoms with Gasteiger partial charge in [0.05, 0.1) is 11.6 Å². The predicted molar refractivity (Wildman–Crippen MR) is 87.3 cm³/mol. The maximum Gasteiger partial charge on any atom is 0.134 e. The standard InChI is InChI=1S/C15H13BrFNO2S/c1-19-11-3-5-14(12(16)7-11)20-8-10-6-9(15(18)21)2-4-13(10)17/h2-7H,8H2,1H3,(H2,18,21). The Morgan fingerprint density at radius 1 is 1.29 bits per heavy atom. The number of hydrogen-bond acceptors (Lipinski definition) is 3. The first-order valence-electron chi connectivity index (χ1n) is 6.06. The van der Waals surface area contributed by atoms with Crippen LogP contribution in [-0.2, 0) is 6.61 Å². The summed E-state index contributed by atoms with van der Waals surface area (Å²) in [6.45, 7) is 0.0766. The molecule has 0 saturated heterocycles. The number of ether oxygens (including phenoxy) is 2. The molecule has 0 aliphatic heterocycles. The number of halogens is 2. The van der Waals surface area contributed by atoms with Gasteiger partial charge in [-0.3, -0.25) is 0 Å². The fourth-order valence-electron chi connectivity index (χ4n) is 1.72. The van der Waals surface area contributed by atoms with Gasteiger partial charge < -0.3 is 15.2 Å². The number of benzene rings is 2. The van der Waals surface area contributed by atoms with Crippen molar-refractivity contribution in [2.75, 3.05) is 7.11 Å². The van der Waals surface area contributed by atoms with Crippen molar-refractivity contribution in [1.82, 2.24) is 0 Å². The first-order chi connectivity index (χ1) is 10.0. The van der Waals surface area contributed by atoms with Gasteiger partial charge in [0.2, 0.25) is 0 Å². The summed E-state index contributed by atoms with van der Waals surface area (Å²) in [7, 11) is 1.58. The summed E-state index contributed by atoms with van der Waals surface area (Å²) in [6, 6.07) is 9.76. The number of hydrogen-bond donors (Lipinski definition) is 1. The number of rotatable bonds is 5. The third-order valence-corrected chi connectivity index (χ3v) is 3.71. The van der Waals surface area contributed by atoms with Crippen molar-refractivity contribution in [3.8, 4) is 11.5 Å². The lowest BCUT2D eigenvalue weighted by Crippen LogP contribution is -2.10. The summed E-state index contributed by atoms with van der Waals surface area (Å²) < 4.78 is 25.2. The second kappa shape index (κ2) is 6.87. The van der Waals surface area contributed by atoms with Crippen molar-refractivity contribution in [2.45, 2.75) is 6.61 Å². The van der Waals surface area contributed by atoms with Crippen molar-refractivity contribution in [2.24, 2.45) is 5.73 Å². The van der Waals surface area contributed by atoms with E-state index < -0.39 is 0 Å². The summed E-state index contributed by atoms with van der Waals surface area (Å²) in [4.78, 5) is 0.224. The highest BCUT2D eigenvalue weighted by molar-refractivity contribution is 9.10. The molecule has 6 heteroatoms. The van der Waals surface area contributed by atoms with Gasteiger partial charge in [0, 0.05) is 11.1 Å². The molecule has 2 rings (SSSR count). The highest BCUT2D eigenvalue weighted by Crippen LogP contribution is 2.30. The van der Waals surface area contributed by atoms with Gasteiger partial charge in [0.25, 0.3) is 0 Å². The van der Waals surface area contributed by atoms with Crippen molar-refractivity contribution in [1.29, 1.82) is 0 Å². The molecule has 2 aromatic carbocycles. The average molecular weight is 370 g/mol. The van der Waals surface area contributed by atoms with Crippen LogP contribution in [0.4, 0.5) is 4.39 Å². The second-order valence-electron chi connectivity index (χ2n) is 4.26. The number of thiocarbonyl (C=S) groups is 1. The predicted octanol–water partition coefficient (Wildman–Crippen LogP) is 3.81.